The molecule has 1 amide bonds. The lowest BCUT2D eigenvalue weighted by Crippen LogP contribution is -2.82. The van der Waals surface area contributed by atoms with Gasteiger partial charge < -0.3 is 10.2 Å². The molecule has 3 nitrogen and oxygen atoms in total. The number of carbonyl (C=O) groups is 1. The Bertz CT molecular complexity index is 141. The zero-order valence-electron chi connectivity index (χ0n) is 7.34. The van der Waals surface area contributed by atoms with Crippen molar-refractivity contribution in [1.82, 2.24) is 4.90 Å². The second-order valence-corrected chi connectivity index (χ2v) is 3.06. The van der Waals surface area contributed by atoms with Crippen LogP contribution in [0.1, 0.15) is 20.3 Å². The Morgan fingerprint density at radius 3 is 2.82 bits per heavy atom. The third-order valence-electron chi connectivity index (χ3n) is 2.33. The first-order valence-corrected chi connectivity index (χ1v) is 4.34. The largest absolute Gasteiger partial charge is 0.344 e. The molecule has 3 heteroatoms. The molecule has 0 aromatic heterocycles. The molecule has 2 N–H and O–H groups in total. The summed E-state index contributed by atoms with van der Waals surface area (Å²) in [5, 5.41) is 2.27. The summed E-state index contributed by atoms with van der Waals surface area (Å²) in [7, 11) is 0. The first-order chi connectivity index (χ1) is 5.25. The molecule has 1 rings (SSSR count). The third kappa shape index (κ3) is 1.93. The van der Waals surface area contributed by atoms with Crippen LogP contribution in [0.2, 0.25) is 0 Å². The fourth-order valence-electron chi connectivity index (χ4n) is 1.76. The van der Waals surface area contributed by atoms with E-state index in [4.69, 9.17) is 0 Å². The van der Waals surface area contributed by atoms with E-state index in [1.165, 1.54) is 6.54 Å². The molecule has 0 radical (unpaired) electrons. The molecule has 0 aromatic carbocycles. The predicted molar refractivity (Wildman–Crippen MR) is 43.1 cm³/mol. The highest BCUT2D eigenvalue weighted by atomic mass is 16.2. The fraction of sp³-hybridized carbons (Fsp3) is 0.875. The van der Waals surface area contributed by atoms with Crippen molar-refractivity contribution in [3.05, 3.63) is 0 Å². The molecular weight excluding hydrogens is 140 g/mol. The average molecular weight is 157 g/mol. The van der Waals surface area contributed by atoms with E-state index in [9.17, 15) is 4.79 Å². The number of likely N-dealkylation sites (N-methyl/N-ethyl adjacent to an activating group) is 1. The second kappa shape index (κ2) is 3.72. The Morgan fingerprint density at radius 1 is 1.73 bits per heavy atom. The van der Waals surface area contributed by atoms with Crippen LogP contribution in [0.5, 0.6) is 0 Å². The predicted octanol–water partition coefficient (Wildman–Crippen LogP) is -0.809. The lowest BCUT2D eigenvalue weighted by molar-refractivity contribution is -0.637. The van der Waals surface area contributed by atoms with E-state index in [2.05, 4.69) is 5.32 Å². The number of quaternary nitrogens is 1. The molecule has 0 aromatic rings. The molecular formula is C8H17N2O+. The molecule has 1 aliphatic heterocycles. The Balaban J connectivity index is 2.46. The van der Waals surface area contributed by atoms with E-state index in [1.807, 2.05) is 11.8 Å². The maximum atomic E-state index is 11.1. The zero-order chi connectivity index (χ0) is 8.27. The normalized spacial score (nSPS) is 23.6. The van der Waals surface area contributed by atoms with Crippen molar-refractivity contribution in [2.45, 2.75) is 26.3 Å². The molecule has 11 heavy (non-hydrogen) atoms. The lowest BCUT2D eigenvalue weighted by Gasteiger charge is -2.23. The van der Waals surface area contributed by atoms with Gasteiger partial charge in [-0.1, -0.05) is 0 Å². The third-order valence-corrected chi connectivity index (χ3v) is 2.33. The van der Waals surface area contributed by atoms with Gasteiger partial charge in [0.15, 0.2) is 0 Å². The van der Waals surface area contributed by atoms with Crippen LogP contribution in [0.15, 0.2) is 0 Å². The summed E-state index contributed by atoms with van der Waals surface area (Å²) in [5.41, 5.74) is 0. The SMILES string of the molecule is CCN(C(C)=O)[C@H]1CC[NH2+]C1. The van der Waals surface area contributed by atoms with Crippen molar-refractivity contribution in [3.63, 3.8) is 0 Å². The number of rotatable bonds is 2. The smallest absolute Gasteiger partial charge is 0.219 e. The van der Waals surface area contributed by atoms with Crippen LogP contribution in [0, 0.1) is 0 Å². The molecule has 0 unspecified atom stereocenters. The van der Waals surface area contributed by atoms with E-state index in [0.29, 0.717) is 6.04 Å². The zero-order valence-corrected chi connectivity index (χ0v) is 7.34. The highest BCUT2D eigenvalue weighted by Gasteiger charge is 2.25. The summed E-state index contributed by atoms with van der Waals surface area (Å²) in [6.07, 6.45) is 1.16. The average Bonchev–Trinajstić information content (AvgIpc) is 2.40. The minimum absolute atomic E-state index is 0.216. The van der Waals surface area contributed by atoms with Gasteiger partial charge in [0.2, 0.25) is 5.91 Å². The van der Waals surface area contributed by atoms with E-state index in [0.717, 1.165) is 19.5 Å². The topological polar surface area (TPSA) is 36.9 Å². The van der Waals surface area contributed by atoms with Crippen molar-refractivity contribution in [2.24, 2.45) is 0 Å². The molecule has 1 aliphatic rings. The van der Waals surface area contributed by atoms with E-state index in [-0.39, 0.29) is 5.91 Å². The molecule has 1 heterocycles. The van der Waals surface area contributed by atoms with Crippen LogP contribution in [0.4, 0.5) is 0 Å². The fourth-order valence-corrected chi connectivity index (χ4v) is 1.76. The lowest BCUT2D eigenvalue weighted by atomic mass is 10.2. The Labute approximate surface area is 67.8 Å². The Morgan fingerprint density at radius 2 is 2.45 bits per heavy atom. The van der Waals surface area contributed by atoms with E-state index < -0.39 is 0 Å². The van der Waals surface area contributed by atoms with Gasteiger partial charge in [-0.2, -0.15) is 0 Å². The molecule has 64 valence electrons. The Kier molecular flexibility index (Phi) is 2.88. The van der Waals surface area contributed by atoms with Crippen LogP contribution < -0.4 is 5.32 Å². The molecule has 0 saturated carbocycles. The van der Waals surface area contributed by atoms with Crippen LogP contribution >= 0.6 is 0 Å². The molecule has 1 atom stereocenters. The van der Waals surface area contributed by atoms with Crippen molar-refractivity contribution in [1.29, 1.82) is 0 Å². The molecule has 1 saturated heterocycles. The van der Waals surface area contributed by atoms with Crippen LogP contribution in [0.25, 0.3) is 0 Å². The van der Waals surface area contributed by atoms with Gasteiger partial charge in [-0.3, -0.25) is 4.79 Å². The summed E-state index contributed by atoms with van der Waals surface area (Å²) in [4.78, 5) is 13.0. The second-order valence-electron chi connectivity index (χ2n) is 3.06. The van der Waals surface area contributed by atoms with E-state index >= 15 is 0 Å². The number of hydrogen-bond acceptors (Lipinski definition) is 1. The summed E-state index contributed by atoms with van der Waals surface area (Å²) in [5.74, 6) is 0.216. The summed E-state index contributed by atoms with van der Waals surface area (Å²) >= 11 is 0. The number of nitrogens with zero attached hydrogens (tertiary/aromatic N) is 1. The first kappa shape index (κ1) is 8.53. The van der Waals surface area contributed by atoms with Gasteiger partial charge in [-0.25, -0.2) is 0 Å². The van der Waals surface area contributed by atoms with Crippen molar-refractivity contribution in [3.8, 4) is 0 Å². The minimum atomic E-state index is 0.216. The van der Waals surface area contributed by atoms with Gasteiger partial charge in [-0.15, -0.1) is 0 Å². The molecule has 0 aliphatic carbocycles. The van der Waals surface area contributed by atoms with Gasteiger partial charge in [-0.05, 0) is 6.92 Å². The van der Waals surface area contributed by atoms with Crippen molar-refractivity contribution in [2.75, 3.05) is 19.6 Å². The van der Waals surface area contributed by atoms with Gasteiger partial charge in [0.1, 0.15) is 0 Å². The van der Waals surface area contributed by atoms with Gasteiger partial charge in [0, 0.05) is 19.9 Å². The van der Waals surface area contributed by atoms with Crippen LogP contribution in [0.3, 0.4) is 0 Å². The maximum Gasteiger partial charge on any atom is 0.219 e. The molecule has 1 fully saturated rings. The highest BCUT2D eigenvalue weighted by Crippen LogP contribution is 2.04. The van der Waals surface area contributed by atoms with Gasteiger partial charge in [0.25, 0.3) is 0 Å². The molecule has 0 bridgehead atoms. The van der Waals surface area contributed by atoms with Gasteiger partial charge in [0.05, 0.1) is 19.1 Å². The van der Waals surface area contributed by atoms with E-state index in [1.54, 1.807) is 6.92 Å². The Hall–Kier alpha value is -0.570. The highest BCUT2D eigenvalue weighted by molar-refractivity contribution is 5.73. The summed E-state index contributed by atoms with van der Waals surface area (Å²) in [6.45, 7) is 6.82. The number of hydrogen-bond donors (Lipinski definition) is 1. The van der Waals surface area contributed by atoms with Crippen molar-refractivity contribution >= 4 is 5.91 Å². The minimum Gasteiger partial charge on any atom is -0.344 e. The monoisotopic (exact) mass is 157 g/mol. The number of carbonyl (C=O) groups excluding carboxylic acids is 1. The molecule has 0 spiro atoms. The summed E-state index contributed by atoms with van der Waals surface area (Å²) in [6, 6.07) is 0.498. The first-order valence-electron chi connectivity index (χ1n) is 4.34. The van der Waals surface area contributed by atoms with Crippen LogP contribution in [-0.4, -0.2) is 36.5 Å². The number of amides is 1. The standard InChI is InChI=1S/C8H16N2O/c1-3-10(7(2)11)8-4-5-9-6-8/h8-9H,3-6H2,1-2H3/p+1/t8-/m0/s1. The number of nitrogens with two attached hydrogens (primary N) is 1. The maximum absolute atomic E-state index is 11.1. The van der Waals surface area contributed by atoms with Crippen molar-refractivity contribution < 1.29 is 10.1 Å². The van der Waals surface area contributed by atoms with Gasteiger partial charge >= 0.3 is 0 Å². The van der Waals surface area contributed by atoms with Crippen LogP contribution in [-0.2, 0) is 4.79 Å². The summed E-state index contributed by atoms with van der Waals surface area (Å²) < 4.78 is 0. The quantitative estimate of drug-likeness (QED) is 0.559.